The number of hydrogen-bond donors (Lipinski definition) is 4. The Morgan fingerprint density at radius 2 is 1.41 bits per heavy atom. The molecule has 0 bridgehead atoms. The Labute approximate surface area is 267 Å². The number of carbonyl (C=O) groups excluding carboxylic acids is 6. The van der Waals surface area contributed by atoms with E-state index in [1.807, 2.05) is 37.3 Å². The van der Waals surface area contributed by atoms with Crippen LogP contribution in [-0.4, -0.2) is 78.5 Å². The maximum Gasteiger partial charge on any atom is 3.00 e. The molecule has 0 aliphatic heterocycles. The molecule has 222 valence electrons. The third-order valence-corrected chi connectivity index (χ3v) is 6.21. The van der Waals surface area contributed by atoms with Crippen molar-refractivity contribution in [3.63, 3.8) is 0 Å². The first-order valence-electron chi connectivity index (χ1n) is 13.2. The molecule has 1 rings (SSSR count). The summed E-state index contributed by atoms with van der Waals surface area (Å²) in [7, 11) is 2.97. The minimum atomic E-state index is -1.40. The second-order valence-corrected chi connectivity index (χ2v) is 11.0. The second-order valence-electron chi connectivity index (χ2n) is 11.0. The normalized spacial score (nSPS) is 14.6. The number of Topliss-reactive ketones (excluding diaryl/α,β-unsaturated/α-hetero) is 1. The second kappa shape index (κ2) is 17.3. The quantitative estimate of drug-likeness (QED) is 0.234. The molecule has 13 heteroatoms. The summed E-state index contributed by atoms with van der Waals surface area (Å²) in [6, 6.07) is 3.84. The zero-order chi connectivity index (χ0) is 30.8. The van der Waals surface area contributed by atoms with Crippen LogP contribution in [0.5, 0.6) is 0 Å². The van der Waals surface area contributed by atoms with Crippen LogP contribution in [0.4, 0.5) is 0 Å². The van der Waals surface area contributed by atoms with Gasteiger partial charge in [-0.3, -0.25) is 28.8 Å². The topological polar surface area (TPSA) is 178 Å². The molecule has 5 amide bonds. The summed E-state index contributed by atoms with van der Waals surface area (Å²) < 4.78 is 0. The predicted octanol–water partition coefficient (Wildman–Crippen LogP) is 1.26. The van der Waals surface area contributed by atoms with E-state index in [2.05, 4.69) is 21.3 Å². The number of ketones is 1. The summed E-state index contributed by atoms with van der Waals surface area (Å²) in [5, 5.41) is 10.1. The number of nitrogens with one attached hydrogen (secondary N) is 5. The standard InChI is InChI=1S/C28H43N6O6.Y/c1-9-19(18-13-11-10-12-14-18)31-26(39)22(36)17(3)30-25(38)20(15-21(35)34(7)8)32-27(40)23(28(4,5)6)33-24(37)16(2)29;/h10-14,16-17,19-20,23,29H,9,15H2,1-8H3,(H,30,38)(H,31,39)(H,32,40)(H,33,37);/q-1;+3. The van der Waals surface area contributed by atoms with E-state index in [9.17, 15) is 28.8 Å². The molecule has 0 heterocycles. The summed E-state index contributed by atoms with van der Waals surface area (Å²) >= 11 is 0. The average molecular weight is 649 g/mol. The zero-order valence-corrected chi connectivity index (χ0v) is 28.0. The number of nitrogens with zero attached hydrogens (tertiary/aromatic N) is 1. The number of benzene rings is 1. The molecule has 5 N–H and O–H groups in total. The molecule has 1 aromatic rings. The predicted molar refractivity (Wildman–Crippen MR) is 151 cm³/mol. The van der Waals surface area contributed by atoms with Crippen molar-refractivity contribution in [3.05, 3.63) is 41.6 Å². The van der Waals surface area contributed by atoms with Crippen LogP contribution in [0.3, 0.4) is 0 Å². The van der Waals surface area contributed by atoms with Gasteiger partial charge in [-0.05, 0) is 24.3 Å². The third-order valence-electron chi connectivity index (χ3n) is 6.21. The van der Waals surface area contributed by atoms with Crippen molar-refractivity contribution in [2.24, 2.45) is 5.41 Å². The van der Waals surface area contributed by atoms with E-state index in [4.69, 9.17) is 5.73 Å². The average Bonchev–Trinajstić information content (AvgIpc) is 2.88. The monoisotopic (exact) mass is 648 g/mol. The van der Waals surface area contributed by atoms with Crippen LogP contribution in [0, 0.1) is 5.41 Å². The SMILES string of the molecule is CCC(NC(=O)C(=O)C(C)NC(=O)C(CC(=O)N(C)C)NC(=O)C(NC(=O)C(C)[NH-])C(C)(C)C)c1ccccc1.[Y+3]. The van der Waals surface area contributed by atoms with E-state index >= 15 is 0 Å². The van der Waals surface area contributed by atoms with Crippen LogP contribution in [0.2, 0.25) is 0 Å². The Bertz CT molecular complexity index is 1070. The molecule has 5 unspecified atom stereocenters. The molecule has 0 aromatic heterocycles. The van der Waals surface area contributed by atoms with Gasteiger partial charge in [-0.1, -0.05) is 71.0 Å². The van der Waals surface area contributed by atoms with Gasteiger partial charge in [0.25, 0.3) is 5.91 Å². The molecule has 12 nitrogen and oxygen atoms in total. The van der Waals surface area contributed by atoms with E-state index in [1.54, 1.807) is 20.8 Å². The van der Waals surface area contributed by atoms with Crippen molar-refractivity contribution >= 4 is 35.3 Å². The molecule has 0 aliphatic carbocycles. The molecular formula is C28H43N6O6Y+2. The summed E-state index contributed by atoms with van der Waals surface area (Å²) in [5.41, 5.74) is 7.64. The number of amides is 5. The van der Waals surface area contributed by atoms with E-state index in [1.165, 1.54) is 32.8 Å². The van der Waals surface area contributed by atoms with Crippen molar-refractivity contribution < 1.29 is 61.5 Å². The molecular weight excluding hydrogens is 605 g/mol. The number of rotatable bonds is 13. The van der Waals surface area contributed by atoms with Gasteiger partial charge in [0, 0.05) is 14.1 Å². The van der Waals surface area contributed by atoms with Crippen LogP contribution in [-0.2, 0) is 61.5 Å². The molecule has 1 aromatic carbocycles. The molecule has 0 saturated carbocycles. The van der Waals surface area contributed by atoms with Crippen LogP contribution in [0.1, 0.15) is 66.0 Å². The van der Waals surface area contributed by atoms with Gasteiger partial charge >= 0.3 is 32.7 Å². The zero-order valence-electron chi connectivity index (χ0n) is 25.2. The number of hydrogen-bond acceptors (Lipinski definition) is 6. The first kappa shape index (κ1) is 38.3. The van der Waals surface area contributed by atoms with Crippen molar-refractivity contribution in [2.45, 2.75) is 84.6 Å². The Balaban J connectivity index is 0.0000160. The molecule has 0 fully saturated rings. The van der Waals surface area contributed by atoms with Gasteiger partial charge in [0.2, 0.25) is 29.4 Å². The van der Waals surface area contributed by atoms with E-state index < -0.39 is 77.4 Å². The molecule has 41 heavy (non-hydrogen) atoms. The van der Waals surface area contributed by atoms with E-state index in [0.717, 1.165) is 5.56 Å². The van der Waals surface area contributed by atoms with Gasteiger partial charge in [-0.15, -0.1) is 0 Å². The Hall–Kier alpha value is -2.70. The van der Waals surface area contributed by atoms with Crippen LogP contribution in [0.25, 0.3) is 5.73 Å². The fourth-order valence-electron chi connectivity index (χ4n) is 3.68. The molecule has 0 spiro atoms. The fraction of sp³-hybridized carbons (Fsp3) is 0.571. The van der Waals surface area contributed by atoms with Crippen LogP contribution < -0.4 is 21.3 Å². The molecule has 0 aliphatic rings. The van der Waals surface area contributed by atoms with Crippen molar-refractivity contribution in [1.82, 2.24) is 26.2 Å². The van der Waals surface area contributed by atoms with Crippen LogP contribution in [0.15, 0.2) is 30.3 Å². The van der Waals surface area contributed by atoms with Gasteiger partial charge in [0.15, 0.2) is 0 Å². The smallest absolute Gasteiger partial charge is 0.667 e. The summed E-state index contributed by atoms with van der Waals surface area (Å²) in [6.45, 7) is 9.65. The van der Waals surface area contributed by atoms with Crippen LogP contribution >= 0.6 is 0 Å². The summed E-state index contributed by atoms with van der Waals surface area (Å²) in [6.07, 6.45) is 0.109. The van der Waals surface area contributed by atoms with E-state index in [-0.39, 0.29) is 32.7 Å². The minimum absolute atomic E-state index is 0. The number of carbonyl (C=O) groups is 6. The maximum atomic E-state index is 13.2. The minimum Gasteiger partial charge on any atom is -0.667 e. The Morgan fingerprint density at radius 1 is 0.854 bits per heavy atom. The summed E-state index contributed by atoms with van der Waals surface area (Å²) in [5.74, 6) is -4.50. The van der Waals surface area contributed by atoms with Gasteiger partial charge < -0.3 is 31.9 Å². The van der Waals surface area contributed by atoms with Gasteiger partial charge in [0.05, 0.1) is 18.5 Å². The Kier molecular flexibility index (Phi) is 16.2. The largest absolute Gasteiger partial charge is 3.00 e. The van der Waals surface area contributed by atoms with Gasteiger partial charge in [-0.25, -0.2) is 0 Å². The first-order valence-corrected chi connectivity index (χ1v) is 13.2. The van der Waals surface area contributed by atoms with Crippen molar-refractivity contribution in [3.8, 4) is 0 Å². The van der Waals surface area contributed by atoms with Crippen molar-refractivity contribution in [1.29, 1.82) is 0 Å². The van der Waals surface area contributed by atoms with E-state index in [0.29, 0.717) is 6.42 Å². The van der Waals surface area contributed by atoms with Crippen molar-refractivity contribution in [2.75, 3.05) is 14.1 Å². The maximum absolute atomic E-state index is 13.2. The first-order chi connectivity index (χ1) is 18.5. The van der Waals surface area contributed by atoms with Gasteiger partial charge in [0.1, 0.15) is 12.1 Å². The fourth-order valence-corrected chi connectivity index (χ4v) is 3.68. The molecule has 0 saturated heterocycles. The van der Waals surface area contributed by atoms with Gasteiger partial charge in [-0.2, -0.15) is 0 Å². The third kappa shape index (κ3) is 12.4. The molecule has 0 radical (unpaired) electrons. The Morgan fingerprint density at radius 3 is 1.88 bits per heavy atom. The summed E-state index contributed by atoms with van der Waals surface area (Å²) in [4.78, 5) is 77.7. The molecule has 5 atom stereocenters.